The van der Waals surface area contributed by atoms with Gasteiger partial charge in [-0.3, -0.25) is 4.79 Å². The molecule has 0 saturated heterocycles. The van der Waals surface area contributed by atoms with Crippen LogP contribution in [0.1, 0.15) is 18.9 Å². The first-order valence-corrected chi connectivity index (χ1v) is 5.91. The molecular formula is C13H21N3O. The second-order valence-electron chi connectivity index (χ2n) is 4.22. The van der Waals surface area contributed by atoms with E-state index in [1.807, 2.05) is 6.07 Å². The van der Waals surface area contributed by atoms with E-state index < -0.39 is 11.9 Å². The average Bonchev–Trinajstić information content (AvgIpc) is 2.29. The van der Waals surface area contributed by atoms with Gasteiger partial charge in [-0.25, -0.2) is 0 Å². The van der Waals surface area contributed by atoms with Gasteiger partial charge in [0.05, 0.1) is 6.04 Å². The number of amides is 1. The summed E-state index contributed by atoms with van der Waals surface area (Å²) >= 11 is 0. The summed E-state index contributed by atoms with van der Waals surface area (Å²) in [6.07, 6.45) is 0.580. The maximum atomic E-state index is 10.9. The van der Waals surface area contributed by atoms with Gasteiger partial charge in [0.2, 0.25) is 5.91 Å². The van der Waals surface area contributed by atoms with E-state index in [0.717, 1.165) is 18.8 Å². The number of hydrogen-bond acceptors (Lipinski definition) is 3. The fraction of sp³-hybridized carbons (Fsp3) is 0.462. The molecule has 4 nitrogen and oxygen atoms in total. The van der Waals surface area contributed by atoms with Crippen LogP contribution in [0, 0.1) is 6.92 Å². The quantitative estimate of drug-likeness (QED) is 0.773. The summed E-state index contributed by atoms with van der Waals surface area (Å²) in [6.45, 7) is 5.77. The molecule has 94 valence electrons. The number of hydrogen-bond donors (Lipinski definition) is 2. The van der Waals surface area contributed by atoms with Crippen LogP contribution >= 0.6 is 0 Å². The Hall–Kier alpha value is -1.55. The molecule has 1 atom stereocenters. The molecule has 1 amide bonds. The average molecular weight is 235 g/mol. The third-order valence-electron chi connectivity index (χ3n) is 2.82. The standard InChI is InChI=1S/C13H21N3O/c1-3-16(8-7-12(14)13(15)17)11-6-4-5-10(2)9-11/h4-6,9,12H,3,7-8,14H2,1-2H3,(H2,15,17). The summed E-state index contributed by atoms with van der Waals surface area (Å²) < 4.78 is 0. The first kappa shape index (κ1) is 13.5. The molecule has 0 saturated carbocycles. The SMILES string of the molecule is CCN(CCC(N)C(N)=O)c1cccc(C)c1. The van der Waals surface area contributed by atoms with Crippen molar-refractivity contribution in [2.24, 2.45) is 11.5 Å². The molecule has 1 rings (SSSR count). The number of aryl methyl sites for hydroxylation is 1. The molecule has 4 heteroatoms. The maximum Gasteiger partial charge on any atom is 0.234 e. The van der Waals surface area contributed by atoms with Crippen LogP contribution < -0.4 is 16.4 Å². The Labute approximate surface area is 103 Å². The van der Waals surface area contributed by atoms with Gasteiger partial charge in [-0.15, -0.1) is 0 Å². The Morgan fingerprint density at radius 1 is 1.47 bits per heavy atom. The number of primary amides is 1. The number of carbonyl (C=O) groups excluding carboxylic acids is 1. The minimum Gasteiger partial charge on any atom is -0.372 e. The second-order valence-corrected chi connectivity index (χ2v) is 4.22. The van der Waals surface area contributed by atoms with E-state index in [1.165, 1.54) is 5.56 Å². The molecule has 17 heavy (non-hydrogen) atoms. The highest BCUT2D eigenvalue weighted by Gasteiger charge is 2.11. The van der Waals surface area contributed by atoms with Crippen LogP contribution in [0.2, 0.25) is 0 Å². The summed E-state index contributed by atoms with van der Waals surface area (Å²) in [5.74, 6) is -0.440. The number of rotatable bonds is 6. The van der Waals surface area contributed by atoms with Gasteiger partial charge in [0.1, 0.15) is 0 Å². The monoisotopic (exact) mass is 235 g/mol. The molecule has 0 aromatic heterocycles. The van der Waals surface area contributed by atoms with Crippen LogP contribution in [0.25, 0.3) is 0 Å². The summed E-state index contributed by atoms with van der Waals surface area (Å²) in [6, 6.07) is 7.72. The normalized spacial score (nSPS) is 12.2. The van der Waals surface area contributed by atoms with Gasteiger partial charge in [-0.1, -0.05) is 12.1 Å². The van der Waals surface area contributed by atoms with Crippen molar-refractivity contribution in [1.82, 2.24) is 0 Å². The Morgan fingerprint density at radius 3 is 2.71 bits per heavy atom. The lowest BCUT2D eigenvalue weighted by Crippen LogP contribution is -2.39. The molecule has 1 unspecified atom stereocenters. The fourth-order valence-electron chi connectivity index (χ4n) is 1.73. The van der Waals surface area contributed by atoms with E-state index in [9.17, 15) is 4.79 Å². The largest absolute Gasteiger partial charge is 0.372 e. The van der Waals surface area contributed by atoms with Crippen molar-refractivity contribution in [3.63, 3.8) is 0 Å². The van der Waals surface area contributed by atoms with E-state index in [4.69, 9.17) is 11.5 Å². The Bertz CT molecular complexity index is 379. The topological polar surface area (TPSA) is 72.3 Å². The lowest BCUT2D eigenvalue weighted by molar-refractivity contribution is -0.119. The summed E-state index contributed by atoms with van der Waals surface area (Å²) in [4.78, 5) is 13.1. The van der Waals surface area contributed by atoms with Crippen molar-refractivity contribution in [2.45, 2.75) is 26.3 Å². The van der Waals surface area contributed by atoms with Gasteiger partial charge in [-0.2, -0.15) is 0 Å². The predicted molar refractivity (Wildman–Crippen MR) is 70.9 cm³/mol. The second kappa shape index (κ2) is 6.25. The van der Waals surface area contributed by atoms with Gasteiger partial charge in [0.15, 0.2) is 0 Å². The van der Waals surface area contributed by atoms with Crippen LogP contribution in [-0.4, -0.2) is 25.0 Å². The van der Waals surface area contributed by atoms with Gasteiger partial charge in [0.25, 0.3) is 0 Å². The molecule has 0 heterocycles. The van der Waals surface area contributed by atoms with Gasteiger partial charge in [-0.05, 0) is 38.0 Å². The molecule has 1 aromatic carbocycles. The first-order chi connectivity index (χ1) is 8.04. The Morgan fingerprint density at radius 2 is 2.18 bits per heavy atom. The van der Waals surface area contributed by atoms with Crippen molar-refractivity contribution in [3.05, 3.63) is 29.8 Å². The minimum absolute atomic E-state index is 0.440. The zero-order chi connectivity index (χ0) is 12.8. The van der Waals surface area contributed by atoms with Crippen LogP contribution in [0.5, 0.6) is 0 Å². The minimum atomic E-state index is -0.561. The lowest BCUT2D eigenvalue weighted by Gasteiger charge is -2.24. The van der Waals surface area contributed by atoms with Gasteiger partial charge in [0, 0.05) is 18.8 Å². The van der Waals surface area contributed by atoms with Crippen LogP contribution in [0.3, 0.4) is 0 Å². The van der Waals surface area contributed by atoms with Crippen LogP contribution in [0.4, 0.5) is 5.69 Å². The fourth-order valence-corrected chi connectivity index (χ4v) is 1.73. The number of nitrogens with zero attached hydrogens (tertiary/aromatic N) is 1. The highest BCUT2D eigenvalue weighted by molar-refractivity contribution is 5.79. The van der Waals surface area contributed by atoms with E-state index in [-0.39, 0.29) is 0 Å². The van der Waals surface area contributed by atoms with Gasteiger partial charge >= 0.3 is 0 Å². The molecule has 0 fully saturated rings. The van der Waals surface area contributed by atoms with E-state index in [0.29, 0.717) is 6.42 Å². The summed E-state index contributed by atoms with van der Waals surface area (Å²) in [5, 5.41) is 0. The highest BCUT2D eigenvalue weighted by atomic mass is 16.1. The molecule has 0 aliphatic carbocycles. The Balaban J connectivity index is 2.63. The molecule has 0 radical (unpaired) electrons. The van der Waals surface area contributed by atoms with Crippen molar-refractivity contribution in [1.29, 1.82) is 0 Å². The summed E-state index contributed by atoms with van der Waals surface area (Å²) in [7, 11) is 0. The number of anilines is 1. The Kier molecular flexibility index (Phi) is 4.97. The zero-order valence-corrected chi connectivity index (χ0v) is 10.5. The predicted octanol–water partition coefficient (Wildman–Crippen LogP) is 1.02. The smallest absolute Gasteiger partial charge is 0.234 e. The summed E-state index contributed by atoms with van der Waals surface area (Å²) in [5.41, 5.74) is 13.1. The number of carbonyl (C=O) groups is 1. The molecule has 0 aliphatic rings. The first-order valence-electron chi connectivity index (χ1n) is 5.91. The van der Waals surface area contributed by atoms with Crippen molar-refractivity contribution >= 4 is 11.6 Å². The van der Waals surface area contributed by atoms with Crippen molar-refractivity contribution < 1.29 is 4.79 Å². The number of benzene rings is 1. The zero-order valence-electron chi connectivity index (χ0n) is 10.5. The highest BCUT2D eigenvalue weighted by Crippen LogP contribution is 2.16. The van der Waals surface area contributed by atoms with Crippen molar-refractivity contribution in [2.75, 3.05) is 18.0 Å². The van der Waals surface area contributed by atoms with E-state index >= 15 is 0 Å². The third-order valence-corrected chi connectivity index (χ3v) is 2.82. The van der Waals surface area contributed by atoms with Crippen molar-refractivity contribution in [3.8, 4) is 0 Å². The molecule has 0 spiro atoms. The lowest BCUT2D eigenvalue weighted by atomic mass is 10.1. The molecule has 0 aliphatic heterocycles. The van der Waals surface area contributed by atoms with Gasteiger partial charge < -0.3 is 16.4 Å². The van der Waals surface area contributed by atoms with Crippen LogP contribution in [0.15, 0.2) is 24.3 Å². The maximum absolute atomic E-state index is 10.9. The molecular weight excluding hydrogens is 214 g/mol. The third kappa shape index (κ3) is 4.07. The van der Waals surface area contributed by atoms with E-state index in [1.54, 1.807) is 0 Å². The molecule has 4 N–H and O–H groups in total. The number of nitrogens with two attached hydrogens (primary N) is 2. The van der Waals surface area contributed by atoms with E-state index in [2.05, 4.69) is 36.9 Å². The van der Waals surface area contributed by atoms with Crippen LogP contribution in [-0.2, 0) is 4.79 Å². The molecule has 1 aromatic rings. The molecule has 0 bridgehead atoms.